The Bertz CT molecular complexity index is 2490. The van der Waals surface area contributed by atoms with Gasteiger partial charge in [0, 0.05) is 91.0 Å². The molecule has 2 aromatic rings. The molecule has 2 aliphatic rings. The van der Waals surface area contributed by atoms with Gasteiger partial charge < -0.3 is 71.7 Å². The van der Waals surface area contributed by atoms with E-state index in [1.807, 2.05) is 0 Å². The number of fused-ring (bicyclic) bond motifs is 1. The Hall–Kier alpha value is -4.33. The number of rotatable bonds is 52. The summed E-state index contributed by atoms with van der Waals surface area (Å²) in [5.74, 6) is -0.576. The van der Waals surface area contributed by atoms with Gasteiger partial charge in [0.25, 0.3) is 0 Å². The van der Waals surface area contributed by atoms with E-state index in [-0.39, 0.29) is 150 Å². The molecule has 88 heavy (non-hydrogen) atoms. The standard InChI is InChI=1S/C56H98N10O20P2/c1-79-87(75,76)84-36-48-47(33-52(85-48)66-41-63-53-54(59)61-40-62-55(53)66)86-88(77,78)83-35-42-32-46(71)34-65(42)51(74)21-7-5-3-2-4-6-20-50(73)64-56(37-80-29-22-44(69)16-8-12-25-57,38-81-30-23-45(70)17-9-13-26-58)39-82-31-24-49(72)60-27-14-10-18-43(68)19-11-15-28-67/h40-42,46-48,52,67,71H,2-39,57-58H2,1H3,(H,60,72)(H,64,73)(H,75,76)(H,77,78)(H2,59,61,62)/t42-,46+,47-,48+,52+/m0/s1. The third kappa shape index (κ3) is 29.7. The molecular weight excluding hydrogens is 1190 g/mol. The lowest BCUT2D eigenvalue weighted by Gasteiger charge is -2.34. The molecule has 2 unspecified atom stereocenters. The predicted octanol–water partition coefficient (Wildman–Crippen LogP) is 3.53. The largest absolute Gasteiger partial charge is 0.472 e. The highest BCUT2D eigenvalue weighted by Gasteiger charge is 2.45. The number of phosphoric acid groups is 2. The maximum absolute atomic E-state index is 13.7. The number of phosphoric ester groups is 2. The van der Waals surface area contributed by atoms with Gasteiger partial charge in [-0.15, -0.1) is 0 Å². The highest BCUT2D eigenvalue weighted by Crippen LogP contribution is 2.50. The van der Waals surface area contributed by atoms with Crippen molar-refractivity contribution in [2.24, 2.45) is 11.5 Å². The fourth-order valence-electron chi connectivity index (χ4n) is 10.0. The molecule has 3 amide bonds. The number of nitrogens with one attached hydrogen (secondary N) is 2. The van der Waals surface area contributed by atoms with Gasteiger partial charge in [-0.1, -0.05) is 25.7 Å². The van der Waals surface area contributed by atoms with Crippen LogP contribution in [0.25, 0.3) is 11.2 Å². The average Bonchev–Trinajstić information content (AvgIpc) is 1.78. The fourth-order valence-corrected chi connectivity index (χ4v) is 11.4. The van der Waals surface area contributed by atoms with E-state index in [1.165, 1.54) is 22.1 Å². The number of aliphatic hydroxyl groups is 2. The van der Waals surface area contributed by atoms with Crippen molar-refractivity contribution in [2.45, 2.75) is 197 Å². The fraction of sp³-hybridized carbons (Fsp3) is 0.804. The molecule has 0 saturated carbocycles. The lowest BCUT2D eigenvalue weighted by molar-refractivity contribution is -0.133. The summed E-state index contributed by atoms with van der Waals surface area (Å²) in [5, 5.41) is 25.4. The number of amides is 3. The Morgan fingerprint density at radius 1 is 0.682 bits per heavy atom. The minimum absolute atomic E-state index is 0.00313. The Balaban J connectivity index is 1.26. The van der Waals surface area contributed by atoms with Crippen molar-refractivity contribution in [2.75, 3.05) is 98.5 Å². The minimum Gasteiger partial charge on any atom is -0.396 e. The number of anilines is 1. The van der Waals surface area contributed by atoms with Crippen molar-refractivity contribution in [1.82, 2.24) is 35.1 Å². The number of aromatic nitrogens is 4. The van der Waals surface area contributed by atoms with Crippen LogP contribution in [0.5, 0.6) is 0 Å². The van der Waals surface area contributed by atoms with Crippen LogP contribution in [0.15, 0.2) is 12.7 Å². The van der Waals surface area contributed by atoms with Crippen molar-refractivity contribution < 1.29 is 94.9 Å². The van der Waals surface area contributed by atoms with Gasteiger partial charge in [-0.25, -0.2) is 24.1 Å². The molecule has 502 valence electrons. The van der Waals surface area contributed by atoms with E-state index in [1.54, 1.807) is 0 Å². The maximum Gasteiger partial charge on any atom is 0.472 e. The van der Waals surface area contributed by atoms with Crippen LogP contribution in [0, 0.1) is 0 Å². The van der Waals surface area contributed by atoms with E-state index < -0.39 is 65.0 Å². The summed E-state index contributed by atoms with van der Waals surface area (Å²) >= 11 is 0. The number of nitrogen functional groups attached to an aromatic ring is 1. The number of nitrogens with two attached hydrogens (primary N) is 3. The van der Waals surface area contributed by atoms with Crippen LogP contribution in [-0.2, 0) is 74.9 Å². The molecule has 7 atom stereocenters. The van der Waals surface area contributed by atoms with Crippen LogP contribution in [0.3, 0.4) is 0 Å². The second-order valence-electron chi connectivity index (χ2n) is 22.3. The summed E-state index contributed by atoms with van der Waals surface area (Å²) in [5.41, 5.74) is 16.4. The number of carbonyl (C=O) groups is 6. The molecule has 0 aromatic carbocycles. The third-order valence-electron chi connectivity index (χ3n) is 14.9. The van der Waals surface area contributed by atoms with E-state index >= 15 is 0 Å². The van der Waals surface area contributed by atoms with Crippen molar-refractivity contribution in [1.29, 1.82) is 0 Å². The summed E-state index contributed by atoms with van der Waals surface area (Å²) in [4.78, 5) is 112. The molecule has 4 heterocycles. The van der Waals surface area contributed by atoms with Gasteiger partial charge in [-0.2, -0.15) is 0 Å². The lowest BCUT2D eigenvalue weighted by Crippen LogP contribution is -2.58. The predicted molar refractivity (Wildman–Crippen MR) is 321 cm³/mol. The van der Waals surface area contributed by atoms with Gasteiger partial charge in [0.15, 0.2) is 11.5 Å². The lowest BCUT2D eigenvalue weighted by atomic mass is 10.0. The summed E-state index contributed by atoms with van der Waals surface area (Å²) in [6.07, 6.45) is 9.69. The highest BCUT2D eigenvalue weighted by molar-refractivity contribution is 7.47. The van der Waals surface area contributed by atoms with Crippen molar-refractivity contribution in [3.05, 3.63) is 12.7 Å². The zero-order valence-corrected chi connectivity index (χ0v) is 52.9. The molecule has 2 aliphatic heterocycles. The second kappa shape index (κ2) is 41.9. The number of ether oxygens (including phenoxy) is 4. The molecule has 0 bridgehead atoms. The van der Waals surface area contributed by atoms with Gasteiger partial charge in [0.2, 0.25) is 17.7 Å². The Morgan fingerprint density at radius 3 is 1.85 bits per heavy atom. The molecule has 0 spiro atoms. The first-order valence-corrected chi connectivity index (χ1v) is 33.8. The van der Waals surface area contributed by atoms with E-state index in [0.717, 1.165) is 32.8 Å². The molecule has 2 aromatic heterocycles. The smallest absolute Gasteiger partial charge is 0.396 e. The molecular formula is C56H98N10O20P2. The maximum atomic E-state index is 13.7. The molecule has 32 heteroatoms. The summed E-state index contributed by atoms with van der Waals surface area (Å²) < 4.78 is 71.8. The zero-order chi connectivity index (χ0) is 64.2. The molecule has 12 N–H and O–H groups in total. The quantitative estimate of drug-likeness (QED) is 0.0338. The number of hydrogen-bond acceptors (Lipinski definition) is 24. The van der Waals surface area contributed by atoms with Crippen molar-refractivity contribution >= 4 is 67.7 Å². The Labute approximate surface area is 515 Å². The van der Waals surface area contributed by atoms with Gasteiger partial charge >= 0.3 is 15.6 Å². The monoisotopic (exact) mass is 1290 g/mol. The van der Waals surface area contributed by atoms with E-state index in [9.17, 15) is 52.8 Å². The second-order valence-corrected chi connectivity index (χ2v) is 25.3. The number of imidazole rings is 1. The summed E-state index contributed by atoms with van der Waals surface area (Å²) in [7, 11) is -8.45. The summed E-state index contributed by atoms with van der Waals surface area (Å²) in [6.45, 7) is 0.217. The van der Waals surface area contributed by atoms with Crippen LogP contribution in [0.1, 0.15) is 167 Å². The molecule has 0 radical (unpaired) electrons. The van der Waals surface area contributed by atoms with Gasteiger partial charge in [-0.05, 0) is 83.7 Å². The van der Waals surface area contributed by atoms with Crippen LogP contribution >= 0.6 is 15.6 Å². The van der Waals surface area contributed by atoms with E-state index in [4.69, 9.17) is 54.8 Å². The number of likely N-dealkylation sites (tertiary alicyclic amines) is 1. The van der Waals surface area contributed by atoms with Gasteiger partial charge in [0.05, 0.1) is 71.3 Å². The normalized spacial score (nSPS) is 19.2. The first-order valence-electron chi connectivity index (χ1n) is 30.8. The first-order chi connectivity index (χ1) is 42.2. The van der Waals surface area contributed by atoms with Crippen LogP contribution in [0.2, 0.25) is 0 Å². The molecule has 30 nitrogen and oxygen atoms in total. The highest BCUT2D eigenvalue weighted by atomic mass is 31.2. The van der Waals surface area contributed by atoms with Crippen LogP contribution < -0.4 is 27.8 Å². The zero-order valence-electron chi connectivity index (χ0n) is 51.1. The topological polar surface area (TPSA) is 440 Å². The number of carbonyl (C=O) groups excluding carboxylic acids is 6. The number of nitrogens with zero attached hydrogens (tertiary/aromatic N) is 5. The molecule has 2 saturated heterocycles. The van der Waals surface area contributed by atoms with E-state index in [0.29, 0.717) is 110 Å². The SMILES string of the molecule is COP(=O)(O)OC[C@H]1O[C@@H](n2cnc3c(N)ncnc32)C[C@@H]1OP(=O)(O)OC[C@@H]1C[C@@H](O)CN1C(=O)CCCCCCCCC(=O)NC(COCCC(=O)CCCCN)(COCCC(=O)CCCCN)COCCC(=O)NCCCCC(=O)CCCCO. The number of Topliss-reactive ketones (excluding diaryl/α,β-unsaturated/α-hetero) is 3. The third-order valence-corrected chi connectivity index (χ3v) is 16.9. The van der Waals surface area contributed by atoms with Crippen molar-refractivity contribution in [3.63, 3.8) is 0 Å². The number of β-amino-alcohol motifs (C(OH)–C–C–N with tert-alkyl or cyclic N) is 1. The van der Waals surface area contributed by atoms with Gasteiger partial charge in [-0.3, -0.25) is 51.4 Å². The summed E-state index contributed by atoms with van der Waals surface area (Å²) in [6, 6.07) is -0.759. The number of aliphatic hydroxyl groups excluding tert-OH is 2. The van der Waals surface area contributed by atoms with Crippen LogP contribution in [0.4, 0.5) is 5.82 Å². The minimum atomic E-state index is -4.92. The van der Waals surface area contributed by atoms with Crippen LogP contribution in [-0.4, -0.2) is 202 Å². The number of ketones is 3. The molecule has 4 rings (SSSR count). The van der Waals surface area contributed by atoms with E-state index in [2.05, 4.69) is 30.1 Å². The molecule has 0 aliphatic carbocycles. The Kier molecular flexibility index (Phi) is 36.3. The molecule has 2 fully saturated rings. The number of hydrogen-bond donors (Lipinski definition) is 9. The van der Waals surface area contributed by atoms with Gasteiger partial charge in [0.1, 0.15) is 53.2 Å². The Morgan fingerprint density at radius 2 is 1.24 bits per heavy atom. The number of unbranched alkanes of at least 4 members (excludes halogenated alkanes) is 9. The average molecular weight is 1290 g/mol. The first kappa shape index (κ1) is 76.1. The van der Waals surface area contributed by atoms with Crippen molar-refractivity contribution in [3.8, 4) is 0 Å².